The first-order valence-electron chi connectivity index (χ1n) is 16.8. The Balaban J connectivity index is 0.000000591. The molecule has 8 heteroatoms. The van der Waals surface area contributed by atoms with E-state index in [0.29, 0.717) is 12.1 Å². The van der Waals surface area contributed by atoms with E-state index in [4.69, 9.17) is 33.7 Å². The molecule has 3 aromatic rings. The molecule has 47 heavy (non-hydrogen) atoms. The molecule has 0 unspecified atom stereocenters. The summed E-state index contributed by atoms with van der Waals surface area (Å²) < 4.78 is 4.94. The Labute approximate surface area is 295 Å². The highest BCUT2D eigenvalue weighted by atomic mass is 35.5. The average Bonchev–Trinajstić information content (AvgIpc) is 3.69. The molecule has 1 aliphatic rings. The fourth-order valence-corrected chi connectivity index (χ4v) is 3.37. The number of amides is 1. The van der Waals surface area contributed by atoms with Crippen LogP contribution in [0, 0.1) is 0 Å². The van der Waals surface area contributed by atoms with E-state index in [0.717, 1.165) is 65.8 Å². The first kappa shape index (κ1) is 44.0. The minimum atomic E-state index is 0.00921. The van der Waals surface area contributed by atoms with Gasteiger partial charge in [0.25, 0.3) is 5.91 Å². The van der Waals surface area contributed by atoms with Crippen molar-refractivity contribution in [3.63, 3.8) is 0 Å². The lowest BCUT2D eigenvalue weighted by molar-refractivity contribution is 0.0939. The van der Waals surface area contributed by atoms with Crippen LogP contribution < -0.4 is 11.1 Å². The van der Waals surface area contributed by atoms with Crippen molar-refractivity contribution < 1.29 is 9.53 Å². The van der Waals surface area contributed by atoms with Crippen molar-refractivity contribution in [1.82, 2.24) is 5.32 Å². The number of carbonyl (C=O) groups is 1. The van der Waals surface area contributed by atoms with Gasteiger partial charge in [0.1, 0.15) is 0 Å². The molecule has 1 fully saturated rings. The molecule has 0 bridgehead atoms. The maximum absolute atomic E-state index is 11.5. The van der Waals surface area contributed by atoms with E-state index in [-0.39, 0.29) is 11.9 Å². The Morgan fingerprint density at radius 3 is 1.66 bits per heavy atom. The highest BCUT2D eigenvalue weighted by molar-refractivity contribution is 6.30. The number of nitrogens with two attached hydrogens (primary N) is 1. The summed E-state index contributed by atoms with van der Waals surface area (Å²) in [5.41, 5.74) is 8.21. The molecule has 1 amide bonds. The molecule has 1 saturated heterocycles. The monoisotopic (exact) mass is 684 g/mol. The third kappa shape index (κ3) is 25.7. The number of hydrogen-bond acceptors (Lipinski definition) is 5. The van der Waals surface area contributed by atoms with Crippen molar-refractivity contribution in [2.75, 3.05) is 19.8 Å². The van der Waals surface area contributed by atoms with Crippen LogP contribution in [-0.2, 0) is 4.74 Å². The quantitative estimate of drug-likeness (QED) is 0.220. The fourth-order valence-electron chi connectivity index (χ4n) is 3.12. The Morgan fingerprint density at radius 1 is 0.787 bits per heavy atom. The zero-order chi connectivity index (χ0) is 35.3. The molecule has 260 valence electrons. The Kier molecular flexibility index (Phi) is 27.3. The normalized spacial score (nSPS) is 13.7. The lowest BCUT2D eigenvalue weighted by Crippen LogP contribution is -2.31. The van der Waals surface area contributed by atoms with Crippen LogP contribution in [0.25, 0.3) is 0 Å². The van der Waals surface area contributed by atoms with E-state index in [1.54, 1.807) is 0 Å². The molecule has 6 nitrogen and oxygen atoms in total. The van der Waals surface area contributed by atoms with Gasteiger partial charge in [-0.15, -0.1) is 0 Å². The second-order valence-electron chi connectivity index (χ2n) is 11.1. The van der Waals surface area contributed by atoms with Crippen LogP contribution in [0.1, 0.15) is 102 Å². The average molecular weight is 686 g/mol. The molecule has 3 atom stereocenters. The molecule has 3 aromatic carbocycles. The largest absolute Gasteiger partial charge is 0.381 e. The molecule has 0 radical (unpaired) electrons. The number of hydrogen-bond donors (Lipinski definition) is 2. The number of ether oxygens (including phenoxy) is 1. The molecule has 0 aliphatic carbocycles. The number of nitrogens with one attached hydrogen (secondary N) is 1. The summed E-state index contributed by atoms with van der Waals surface area (Å²) in [6, 6.07) is 25.6. The van der Waals surface area contributed by atoms with Crippen LogP contribution >= 0.6 is 23.2 Å². The smallest absolute Gasteiger partial charge is 0.251 e. The number of halogens is 2. The number of carbonyl (C=O) groups excluding carboxylic acids is 1. The highest BCUT2D eigenvalue weighted by Crippen LogP contribution is 2.09. The van der Waals surface area contributed by atoms with Crippen LogP contribution in [0.5, 0.6) is 0 Å². The predicted octanol–water partition coefficient (Wildman–Crippen LogP) is 10.1. The van der Waals surface area contributed by atoms with Gasteiger partial charge in [-0.3, -0.25) is 14.8 Å². The summed E-state index contributed by atoms with van der Waals surface area (Å²) in [6.07, 6.45) is 9.41. The van der Waals surface area contributed by atoms with Crippen molar-refractivity contribution in [1.29, 1.82) is 0 Å². The van der Waals surface area contributed by atoms with E-state index < -0.39 is 0 Å². The standard InChI is InChI=1S/C11H14ClN.C11H15NO.C9H10ClN.C4H11N.C4H8O/c1-3-9(2)13-8-10-4-6-11(12)7-5-10;1-3-9(2)12-11(13)10-7-5-4-6-8-10;1-2-11-7-8-3-5-9(10)6-4-8;1-3-4(2)5;1-2-4-5-3-1/h4-9H,3H2,1-2H3;4-9H,3H2,1-2H3,(H,12,13);3-7H,2H2,1H3;4H,3,5H2,1-2H3;1-4H2/t2*9-;;4-;/m11.1./s1. The molecule has 0 saturated carbocycles. The fraction of sp³-hybridized carbons (Fsp3) is 0.462. The van der Waals surface area contributed by atoms with Gasteiger partial charge in [-0.1, -0.05) is 86.4 Å². The molecule has 1 heterocycles. The Bertz CT molecular complexity index is 1210. The number of benzene rings is 3. The Morgan fingerprint density at radius 2 is 1.28 bits per heavy atom. The van der Waals surface area contributed by atoms with Gasteiger partial charge in [-0.25, -0.2) is 0 Å². The van der Waals surface area contributed by atoms with Gasteiger partial charge >= 0.3 is 0 Å². The second-order valence-corrected chi connectivity index (χ2v) is 12.0. The van der Waals surface area contributed by atoms with Crippen LogP contribution in [0.15, 0.2) is 88.8 Å². The third-order valence-corrected chi connectivity index (χ3v) is 7.23. The molecule has 4 rings (SSSR count). The van der Waals surface area contributed by atoms with Gasteiger partial charge < -0.3 is 15.8 Å². The third-order valence-electron chi connectivity index (χ3n) is 6.73. The first-order valence-corrected chi connectivity index (χ1v) is 17.5. The summed E-state index contributed by atoms with van der Waals surface area (Å²) in [5, 5.41) is 4.43. The topological polar surface area (TPSA) is 89.1 Å². The lowest BCUT2D eigenvalue weighted by Gasteiger charge is -2.10. The summed E-state index contributed by atoms with van der Waals surface area (Å²) >= 11 is 11.5. The van der Waals surface area contributed by atoms with E-state index >= 15 is 0 Å². The lowest BCUT2D eigenvalue weighted by atomic mass is 10.2. The summed E-state index contributed by atoms with van der Waals surface area (Å²) in [5.74, 6) is 0.00921. The number of aliphatic imine (C=N–C) groups is 2. The molecular weight excluding hydrogens is 627 g/mol. The van der Waals surface area contributed by atoms with Crippen LogP contribution in [0.4, 0.5) is 0 Å². The predicted molar refractivity (Wildman–Crippen MR) is 206 cm³/mol. The van der Waals surface area contributed by atoms with Crippen molar-refractivity contribution >= 4 is 41.5 Å². The van der Waals surface area contributed by atoms with Crippen LogP contribution in [0.3, 0.4) is 0 Å². The Hall–Kier alpha value is -3.03. The van der Waals surface area contributed by atoms with Gasteiger partial charge in [0.15, 0.2) is 0 Å². The summed E-state index contributed by atoms with van der Waals surface area (Å²) in [7, 11) is 0. The minimum absolute atomic E-state index is 0.00921. The number of nitrogens with zero attached hydrogens (tertiary/aromatic N) is 2. The van der Waals surface area contributed by atoms with Crippen molar-refractivity contribution in [3.05, 3.63) is 106 Å². The minimum Gasteiger partial charge on any atom is -0.381 e. The van der Waals surface area contributed by atoms with E-state index in [1.165, 1.54) is 12.8 Å². The zero-order valence-corrected chi connectivity index (χ0v) is 31.1. The number of rotatable bonds is 9. The summed E-state index contributed by atoms with van der Waals surface area (Å²) in [6.45, 7) is 17.2. The van der Waals surface area contributed by atoms with Crippen LogP contribution in [0.2, 0.25) is 10.0 Å². The summed E-state index contributed by atoms with van der Waals surface area (Å²) in [4.78, 5) is 20.0. The van der Waals surface area contributed by atoms with E-state index in [2.05, 4.69) is 43.0 Å². The second kappa shape index (κ2) is 29.1. The molecule has 3 N–H and O–H groups in total. The maximum Gasteiger partial charge on any atom is 0.251 e. The van der Waals surface area contributed by atoms with Crippen molar-refractivity contribution in [2.45, 2.75) is 98.7 Å². The van der Waals surface area contributed by atoms with Gasteiger partial charge in [-0.05, 0) is 107 Å². The SMILES string of the molecule is C1CCOC1.CCN=Cc1ccc(Cl)cc1.CC[C@@H](C)N.CC[C@@H](C)N=Cc1ccc(Cl)cc1.CC[C@@H](C)NC(=O)c1ccccc1. The first-order chi connectivity index (χ1) is 22.6. The highest BCUT2D eigenvalue weighted by Gasteiger charge is 2.06. The van der Waals surface area contributed by atoms with E-state index in [1.807, 2.05) is 112 Å². The van der Waals surface area contributed by atoms with Gasteiger partial charge in [0.05, 0.1) is 0 Å². The molecule has 0 spiro atoms. The zero-order valence-electron chi connectivity index (χ0n) is 29.6. The molecule has 1 aliphatic heterocycles. The van der Waals surface area contributed by atoms with Gasteiger partial charge in [-0.2, -0.15) is 0 Å². The van der Waals surface area contributed by atoms with Crippen molar-refractivity contribution in [3.8, 4) is 0 Å². The molecular formula is C39H58Cl2N4O2. The van der Waals surface area contributed by atoms with E-state index in [9.17, 15) is 4.79 Å². The maximum atomic E-state index is 11.5. The van der Waals surface area contributed by atoms with Gasteiger partial charge in [0.2, 0.25) is 0 Å². The van der Waals surface area contributed by atoms with Crippen LogP contribution in [-0.4, -0.2) is 56.2 Å². The van der Waals surface area contributed by atoms with Crippen molar-refractivity contribution in [2.24, 2.45) is 15.7 Å². The van der Waals surface area contributed by atoms with Gasteiger partial charge in [0, 0.05) is 65.9 Å². The molecule has 0 aromatic heterocycles.